The van der Waals surface area contributed by atoms with E-state index >= 15 is 0 Å². The van der Waals surface area contributed by atoms with E-state index in [1.807, 2.05) is 42.5 Å². The van der Waals surface area contributed by atoms with E-state index < -0.39 is 0 Å². The van der Waals surface area contributed by atoms with Crippen molar-refractivity contribution in [1.82, 2.24) is 5.32 Å². The van der Waals surface area contributed by atoms with Crippen LogP contribution in [0.5, 0.6) is 17.2 Å². The van der Waals surface area contributed by atoms with E-state index in [1.165, 1.54) is 0 Å². The van der Waals surface area contributed by atoms with Gasteiger partial charge in [-0.3, -0.25) is 0 Å². The maximum atomic E-state index is 12.7. The van der Waals surface area contributed by atoms with Crippen LogP contribution in [-0.2, 0) is 12.8 Å². The monoisotopic (exact) mass is 438 g/mol. The summed E-state index contributed by atoms with van der Waals surface area (Å²) in [6.45, 7) is 0.232. The van der Waals surface area contributed by atoms with Gasteiger partial charge in [0.2, 0.25) is 6.79 Å². The third-order valence-electron chi connectivity index (χ3n) is 5.00. The number of benzene rings is 3. The van der Waals surface area contributed by atoms with Crippen LogP contribution in [0.4, 0.5) is 10.5 Å². The number of nitrogens with one attached hydrogen (secondary N) is 2. The van der Waals surface area contributed by atoms with Crippen LogP contribution in [0.25, 0.3) is 0 Å². The molecule has 0 bridgehead atoms. The molecule has 3 aromatic carbocycles. The lowest BCUT2D eigenvalue weighted by Crippen LogP contribution is -2.40. The van der Waals surface area contributed by atoms with Gasteiger partial charge in [0, 0.05) is 16.8 Å². The van der Waals surface area contributed by atoms with Gasteiger partial charge in [0.25, 0.3) is 0 Å². The van der Waals surface area contributed by atoms with Gasteiger partial charge >= 0.3 is 6.03 Å². The van der Waals surface area contributed by atoms with Crippen molar-refractivity contribution in [2.24, 2.45) is 0 Å². The summed E-state index contributed by atoms with van der Waals surface area (Å²) < 4.78 is 16.1. The minimum absolute atomic E-state index is 0.138. The van der Waals surface area contributed by atoms with Gasteiger partial charge in [-0.15, -0.1) is 0 Å². The Bertz CT molecular complexity index is 1040. The highest BCUT2D eigenvalue weighted by molar-refractivity contribution is 6.30. The third-order valence-corrected chi connectivity index (χ3v) is 5.25. The predicted molar refractivity (Wildman–Crippen MR) is 120 cm³/mol. The molecule has 160 valence electrons. The molecule has 6 nitrogen and oxygen atoms in total. The highest BCUT2D eigenvalue weighted by Gasteiger charge is 2.18. The third kappa shape index (κ3) is 5.61. The number of urea groups is 1. The molecule has 0 fully saturated rings. The number of carbonyl (C=O) groups excluding carboxylic acids is 1. The van der Waals surface area contributed by atoms with Crippen LogP contribution >= 0.6 is 11.6 Å². The van der Waals surface area contributed by atoms with Crippen LogP contribution in [0.2, 0.25) is 5.02 Å². The Morgan fingerprint density at radius 1 is 0.968 bits per heavy atom. The molecule has 1 aliphatic rings. The average molecular weight is 439 g/mol. The molecule has 2 N–H and O–H groups in total. The minimum Gasteiger partial charge on any atom is -0.497 e. The molecule has 4 rings (SSSR count). The van der Waals surface area contributed by atoms with Gasteiger partial charge in [-0.25, -0.2) is 4.79 Å². The maximum Gasteiger partial charge on any atom is 0.319 e. The molecule has 0 radical (unpaired) electrons. The average Bonchev–Trinajstić information content (AvgIpc) is 3.24. The van der Waals surface area contributed by atoms with E-state index in [4.69, 9.17) is 25.8 Å². The van der Waals surface area contributed by atoms with E-state index in [0.29, 0.717) is 23.6 Å². The molecular weight excluding hydrogens is 416 g/mol. The van der Waals surface area contributed by atoms with Crippen LogP contribution in [0.1, 0.15) is 11.1 Å². The molecule has 1 atom stereocenters. The molecule has 0 aliphatic carbocycles. The molecule has 0 saturated carbocycles. The quantitative estimate of drug-likeness (QED) is 0.541. The number of halogens is 1. The van der Waals surface area contributed by atoms with E-state index in [-0.39, 0.29) is 18.9 Å². The smallest absolute Gasteiger partial charge is 0.319 e. The Morgan fingerprint density at radius 3 is 2.39 bits per heavy atom. The first-order valence-corrected chi connectivity index (χ1v) is 10.3. The van der Waals surface area contributed by atoms with Crippen molar-refractivity contribution in [3.05, 3.63) is 82.9 Å². The second kappa shape index (κ2) is 9.62. The van der Waals surface area contributed by atoms with Crippen molar-refractivity contribution in [3.8, 4) is 17.2 Å². The highest BCUT2D eigenvalue weighted by Crippen LogP contribution is 2.33. The first kappa shape index (κ1) is 20.9. The molecule has 0 aromatic heterocycles. The van der Waals surface area contributed by atoms with Gasteiger partial charge < -0.3 is 24.8 Å². The Kier molecular flexibility index (Phi) is 6.48. The summed E-state index contributed by atoms with van der Waals surface area (Å²) in [6.07, 6.45) is 1.29. The second-order valence-corrected chi connectivity index (χ2v) is 7.68. The number of methoxy groups -OCH3 is 1. The number of rotatable bonds is 7. The summed E-state index contributed by atoms with van der Waals surface area (Å²) in [5.41, 5.74) is 2.82. The number of hydrogen-bond acceptors (Lipinski definition) is 4. The Hall–Kier alpha value is -3.38. The van der Waals surface area contributed by atoms with Gasteiger partial charge in [-0.2, -0.15) is 0 Å². The minimum atomic E-state index is -0.276. The molecule has 1 aliphatic heterocycles. The van der Waals surface area contributed by atoms with Crippen LogP contribution in [0.15, 0.2) is 66.7 Å². The van der Waals surface area contributed by atoms with Gasteiger partial charge in [-0.1, -0.05) is 29.8 Å². The van der Waals surface area contributed by atoms with Crippen molar-refractivity contribution in [1.29, 1.82) is 0 Å². The molecule has 2 amide bonds. The topological polar surface area (TPSA) is 68.8 Å². The van der Waals surface area contributed by atoms with Gasteiger partial charge in [0.1, 0.15) is 5.75 Å². The summed E-state index contributed by atoms with van der Waals surface area (Å²) in [5.74, 6) is 2.26. The van der Waals surface area contributed by atoms with Crippen molar-refractivity contribution < 1.29 is 19.0 Å². The molecule has 31 heavy (non-hydrogen) atoms. The van der Waals surface area contributed by atoms with Gasteiger partial charge in [0.05, 0.1) is 7.11 Å². The number of amides is 2. The summed E-state index contributed by atoms with van der Waals surface area (Å²) in [5, 5.41) is 6.56. The van der Waals surface area contributed by atoms with Crippen LogP contribution in [0, 0.1) is 0 Å². The van der Waals surface area contributed by atoms with Crippen molar-refractivity contribution in [2.75, 3.05) is 19.2 Å². The zero-order chi connectivity index (χ0) is 21.6. The Balaban J connectivity index is 1.48. The number of fused-ring (bicyclic) bond motifs is 1. The molecular formula is C24H23ClN2O4. The molecule has 1 heterocycles. The molecule has 0 spiro atoms. The Morgan fingerprint density at radius 2 is 1.65 bits per heavy atom. The van der Waals surface area contributed by atoms with Crippen molar-refractivity contribution in [2.45, 2.75) is 18.9 Å². The van der Waals surface area contributed by atoms with Gasteiger partial charge in [-0.05, 0) is 72.5 Å². The maximum absolute atomic E-state index is 12.7. The number of carbonyl (C=O) groups is 1. The number of anilines is 1. The first-order chi connectivity index (χ1) is 15.1. The van der Waals surface area contributed by atoms with E-state index in [1.54, 1.807) is 31.4 Å². The highest BCUT2D eigenvalue weighted by atomic mass is 35.5. The fraction of sp³-hybridized carbons (Fsp3) is 0.208. The molecule has 3 aromatic rings. The summed E-state index contributed by atoms with van der Waals surface area (Å²) in [7, 11) is 1.64. The van der Waals surface area contributed by atoms with Crippen LogP contribution in [-0.4, -0.2) is 26.0 Å². The first-order valence-electron chi connectivity index (χ1n) is 9.93. The van der Waals surface area contributed by atoms with Crippen LogP contribution in [0.3, 0.4) is 0 Å². The fourth-order valence-corrected chi connectivity index (χ4v) is 3.58. The fourth-order valence-electron chi connectivity index (χ4n) is 3.46. The number of hydrogen-bond donors (Lipinski definition) is 2. The van der Waals surface area contributed by atoms with E-state index in [9.17, 15) is 4.79 Å². The second-order valence-electron chi connectivity index (χ2n) is 7.25. The zero-order valence-electron chi connectivity index (χ0n) is 17.1. The predicted octanol–water partition coefficient (Wildman–Crippen LogP) is 5.05. The van der Waals surface area contributed by atoms with Crippen molar-refractivity contribution in [3.63, 3.8) is 0 Å². The molecule has 7 heteroatoms. The van der Waals surface area contributed by atoms with Gasteiger partial charge in [0.15, 0.2) is 11.5 Å². The standard InChI is InChI=1S/C24H23ClN2O4/c1-29-21-9-2-16(3-10-21)12-20(13-17-4-11-22-23(14-17)31-15-30-22)27-24(28)26-19-7-5-18(25)6-8-19/h2-11,14,20H,12-13,15H2,1H3,(H2,26,27,28)/t20-/m0/s1. The summed E-state index contributed by atoms with van der Waals surface area (Å²) >= 11 is 5.92. The lowest BCUT2D eigenvalue weighted by Gasteiger charge is -2.20. The molecule has 0 saturated heterocycles. The van der Waals surface area contributed by atoms with Crippen LogP contribution < -0.4 is 24.8 Å². The van der Waals surface area contributed by atoms with E-state index in [0.717, 1.165) is 28.4 Å². The lowest BCUT2D eigenvalue weighted by atomic mass is 9.98. The zero-order valence-corrected chi connectivity index (χ0v) is 17.8. The summed E-state index contributed by atoms with van der Waals surface area (Å²) in [4.78, 5) is 12.7. The SMILES string of the molecule is COc1ccc(C[C@@H](Cc2ccc3c(c2)OCO3)NC(=O)Nc2ccc(Cl)cc2)cc1. The number of ether oxygens (including phenoxy) is 3. The normalized spacial score (nSPS) is 12.8. The Labute approximate surface area is 186 Å². The van der Waals surface area contributed by atoms with Crippen molar-refractivity contribution >= 4 is 23.3 Å². The molecule has 0 unspecified atom stereocenters. The lowest BCUT2D eigenvalue weighted by molar-refractivity contribution is 0.174. The summed E-state index contributed by atoms with van der Waals surface area (Å²) in [6, 6.07) is 20.3. The largest absolute Gasteiger partial charge is 0.497 e. The van der Waals surface area contributed by atoms with E-state index in [2.05, 4.69) is 10.6 Å².